The number of rotatable bonds is 1. The number of benzene rings is 2. The van der Waals surface area contributed by atoms with E-state index < -0.39 is 17.6 Å². The quantitative estimate of drug-likeness (QED) is 0.621. The molecule has 3 rings (SSSR count). The molecule has 5 heteroatoms. The van der Waals surface area contributed by atoms with Gasteiger partial charge in [-0.1, -0.05) is 30.3 Å². The van der Waals surface area contributed by atoms with Crippen LogP contribution in [0.3, 0.4) is 0 Å². The first-order valence-electron chi connectivity index (χ1n) is 6.14. The van der Waals surface area contributed by atoms with E-state index in [1.165, 1.54) is 12.1 Å². The SMILES string of the molecule is O=C1Nc2ccccc2C(O)(c2cccc(O)c2)C1O. The van der Waals surface area contributed by atoms with Gasteiger partial charge in [-0.15, -0.1) is 0 Å². The first-order chi connectivity index (χ1) is 9.53. The molecule has 102 valence electrons. The number of carbonyl (C=O) groups is 1. The second-order valence-corrected chi connectivity index (χ2v) is 4.75. The minimum atomic E-state index is -1.89. The van der Waals surface area contributed by atoms with Crippen LogP contribution in [0.5, 0.6) is 5.75 Å². The van der Waals surface area contributed by atoms with Crippen LogP contribution in [0.4, 0.5) is 5.69 Å². The minimum absolute atomic E-state index is 0.0495. The number of fused-ring (bicyclic) bond motifs is 1. The maximum atomic E-state index is 11.8. The largest absolute Gasteiger partial charge is 0.508 e. The summed E-state index contributed by atoms with van der Waals surface area (Å²) in [6.07, 6.45) is -1.65. The van der Waals surface area contributed by atoms with E-state index in [4.69, 9.17) is 0 Å². The lowest BCUT2D eigenvalue weighted by molar-refractivity contribution is -0.138. The maximum Gasteiger partial charge on any atom is 0.256 e. The Morgan fingerprint density at radius 3 is 2.60 bits per heavy atom. The molecule has 1 amide bonds. The van der Waals surface area contributed by atoms with E-state index in [0.29, 0.717) is 11.3 Å². The Morgan fingerprint density at radius 1 is 1.10 bits per heavy atom. The smallest absolute Gasteiger partial charge is 0.256 e. The van der Waals surface area contributed by atoms with Gasteiger partial charge in [0.25, 0.3) is 5.91 Å². The summed E-state index contributed by atoms with van der Waals surface area (Å²) in [5.41, 5.74) is -0.809. The van der Waals surface area contributed by atoms with Crippen molar-refractivity contribution in [2.24, 2.45) is 0 Å². The van der Waals surface area contributed by atoms with Crippen LogP contribution in [0.2, 0.25) is 0 Å². The molecule has 2 atom stereocenters. The highest BCUT2D eigenvalue weighted by atomic mass is 16.4. The lowest BCUT2D eigenvalue weighted by Gasteiger charge is -2.38. The van der Waals surface area contributed by atoms with Gasteiger partial charge in [-0.2, -0.15) is 0 Å². The molecule has 1 aliphatic heterocycles. The Kier molecular flexibility index (Phi) is 2.74. The van der Waals surface area contributed by atoms with Crippen molar-refractivity contribution >= 4 is 11.6 Å². The number of para-hydroxylation sites is 1. The van der Waals surface area contributed by atoms with Gasteiger partial charge in [0.1, 0.15) is 5.75 Å². The van der Waals surface area contributed by atoms with Crippen molar-refractivity contribution < 1.29 is 20.1 Å². The number of nitrogens with one attached hydrogen (secondary N) is 1. The third kappa shape index (κ3) is 1.68. The molecule has 4 N–H and O–H groups in total. The molecule has 0 saturated heterocycles. The van der Waals surface area contributed by atoms with E-state index in [9.17, 15) is 20.1 Å². The zero-order valence-corrected chi connectivity index (χ0v) is 10.4. The number of phenols is 1. The van der Waals surface area contributed by atoms with Crippen LogP contribution < -0.4 is 5.32 Å². The van der Waals surface area contributed by atoms with Gasteiger partial charge in [-0.05, 0) is 23.8 Å². The van der Waals surface area contributed by atoms with Gasteiger partial charge in [0.2, 0.25) is 0 Å². The summed E-state index contributed by atoms with van der Waals surface area (Å²) in [7, 11) is 0. The average Bonchev–Trinajstić information content (AvgIpc) is 2.45. The number of carbonyl (C=O) groups excluding carboxylic acids is 1. The lowest BCUT2D eigenvalue weighted by Crippen LogP contribution is -2.51. The standard InChI is InChI=1S/C15H13NO4/c17-10-5-3-4-9(8-10)15(20)11-6-1-2-7-12(11)16-14(19)13(15)18/h1-8,13,17-18,20H,(H,16,19). The van der Waals surface area contributed by atoms with Crippen molar-refractivity contribution in [2.75, 3.05) is 5.32 Å². The van der Waals surface area contributed by atoms with E-state index in [1.54, 1.807) is 36.4 Å². The number of hydrogen-bond donors (Lipinski definition) is 4. The first-order valence-corrected chi connectivity index (χ1v) is 6.14. The molecule has 0 spiro atoms. The number of hydrogen-bond acceptors (Lipinski definition) is 4. The molecule has 0 fully saturated rings. The second kappa shape index (κ2) is 4.33. The molecule has 5 nitrogen and oxygen atoms in total. The molecule has 0 aromatic heterocycles. The Bertz CT molecular complexity index is 685. The summed E-state index contributed by atoms with van der Waals surface area (Å²) in [5, 5.41) is 33.2. The molecular formula is C15H13NO4. The van der Waals surface area contributed by atoms with Gasteiger partial charge in [-0.3, -0.25) is 4.79 Å². The van der Waals surface area contributed by atoms with Crippen LogP contribution in [0.1, 0.15) is 11.1 Å². The normalized spacial score (nSPS) is 24.9. The van der Waals surface area contributed by atoms with E-state index >= 15 is 0 Å². The number of aliphatic hydroxyl groups is 2. The Labute approximate surface area is 115 Å². The molecule has 0 radical (unpaired) electrons. The minimum Gasteiger partial charge on any atom is -0.508 e. The fourth-order valence-corrected chi connectivity index (χ4v) is 2.52. The molecule has 0 aliphatic carbocycles. The number of amides is 1. The molecular weight excluding hydrogens is 258 g/mol. The predicted molar refractivity (Wildman–Crippen MR) is 72.2 cm³/mol. The van der Waals surface area contributed by atoms with Crippen LogP contribution in [0, 0.1) is 0 Å². The second-order valence-electron chi connectivity index (χ2n) is 4.75. The molecule has 1 heterocycles. The Balaban J connectivity index is 2.27. The molecule has 0 saturated carbocycles. The number of phenolic OH excluding ortho intramolecular Hbond substituents is 1. The van der Waals surface area contributed by atoms with Crippen LogP contribution in [0.25, 0.3) is 0 Å². The van der Waals surface area contributed by atoms with E-state index in [-0.39, 0.29) is 11.3 Å². The highest BCUT2D eigenvalue weighted by Gasteiger charge is 2.48. The van der Waals surface area contributed by atoms with Crippen LogP contribution >= 0.6 is 0 Å². The van der Waals surface area contributed by atoms with Crippen molar-refractivity contribution in [3.63, 3.8) is 0 Å². The number of aliphatic hydroxyl groups excluding tert-OH is 1. The van der Waals surface area contributed by atoms with Crippen molar-refractivity contribution in [1.82, 2.24) is 0 Å². The number of anilines is 1. The summed E-state index contributed by atoms with van der Waals surface area (Å²) in [5.74, 6) is -0.735. The Hall–Kier alpha value is -2.37. The zero-order valence-electron chi connectivity index (χ0n) is 10.4. The topological polar surface area (TPSA) is 89.8 Å². The highest BCUT2D eigenvalue weighted by Crippen LogP contribution is 2.41. The van der Waals surface area contributed by atoms with E-state index in [0.717, 1.165) is 0 Å². The molecule has 0 bridgehead atoms. The van der Waals surface area contributed by atoms with Gasteiger partial charge in [0.15, 0.2) is 11.7 Å². The highest BCUT2D eigenvalue weighted by molar-refractivity contribution is 5.99. The van der Waals surface area contributed by atoms with Crippen molar-refractivity contribution in [2.45, 2.75) is 11.7 Å². The van der Waals surface area contributed by atoms with Crippen LogP contribution in [-0.2, 0) is 10.4 Å². The van der Waals surface area contributed by atoms with Gasteiger partial charge < -0.3 is 20.6 Å². The fourth-order valence-electron chi connectivity index (χ4n) is 2.52. The van der Waals surface area contributed by atoms with Gasteiger partial charge in [-0.25, -0.2) is 0 Å². The molecule has 20 heavy (non-hydrogen) atoms. The van der Waals surface area contributed by atoms with Crippen molar-refractivity contribution in [3.8, 4) is 5.75 Å². The molecule has 2 unspecified atom stereocenters. The third-order valence-corrected chi connectivity index (χ3v) is 3.53. The fraction of sp³-hybridized carbons (Fsp3) is 0.133. The lowest BCUT2D eigenvalue weighted by atomic mass is 9.78. The predicted octanol–water partition coefficient (Wildman–Crippen LogP) is 0.941. The summed E-state index contributed by atoms with van der Waals surface area (Å²) < 4.78 is 0. The monoisotopic (exact) mass is 271 g/mol. The van der Waals surface area contributed by atoms with Crippen LogP contribution in [0.15, 0.2) is 48.5 Å². The Morgan fingerprint density at radius 2 is 1.85 bits per heavy atom. The van der Waals surface area contributed by atoms with E-state index in [2.05, 4.69) is 5.32 Å². The summed E-state index contributed by atoms with van der Waals surface area (Å²) >= 11 is 0. The van der Waals surface area contributed by atoms with Crippen molar-refractivity contribution in [3.05, 3.63) is 59.7 Å². The molecule has 1 aliphatic rings. The molecule has 2 aromatic rings. The summed E-state index contributed by atoms with van der Waals surface area (Å²) in [6.45, 7) is 0. The van der Waals surface area contributed by atoms with Crippen LogP contribution in [-0.4, -0.2) is 27.3 Å². The average molecular weight is 271 g/mol. The maximum absolute atomic E-state index is 11.8. The van der Waals surface area contributed by atoms with Gasteiger partial charge in [0.05, 0.1) is 0 Å². The van der Waals surface area contributed by atoms with Gasteiger partial charge >= 0.3 is 0 Å². The van der Waals surface area contributed by atoms with E-state index in [1.807, 2.05) is 0 Å². The third-order valence-electron chi connectivity index (χ3n) is 3.53. The zero-order chi connectivity index (χ0) is 14.3. The number of aromatic hydroxyl groups is 1. The summed E-state index contributed by atoms with van der Waals surface area (Å²) in [6, 6.07) is 12.6. The molecule has 2 aromatic carbocycles. The summed E-state index contributed by atoms with van der Waals surface area (Å²) in [4.78, 5) is 11.8. The first kappa shape index (κ1) is 12.7. The van der Waals surface area contributed by atoms with Crippen molar-refractivity contribution in [1.29, 1.82) is 0 Å². The van der Waals surface area contributed by atoms with Gasteiger partial charge in [0, 0.05) is 11.3 Å².